The standard InChI is InChI=1S/C28H26F2N6O3.C4H6O5/c1-2-39-27(38)19-13-36(17-4-5-17)24-18(25(19)37)10-20(29)22(23(24)30)15-3-6-21-14(9-15)7-8-35(21)12-16-11-33-28(32)34-26(16)31;5-2(4(8)9)1-3(6)7/h3,6,9-11,13,17H,2,4-5,7-8,12H2,1H3,(H4,31,32,33,34);2,5H,1H2,(H,6,7)(H,8,9). The van der Waals surface area contributed by atoms with Crippen LogP contribution in [0.25, 0.3) is 22.0 Å². The minimum atomic E-state index is -1.79. The number of nitrogens with two attached hydrogens (primary N) is 2. The van der Waals surface area contributed by atoms with Crippen LogP contribution in [-0.2, 0) is 27.3 Å². The Morgan fingerprint density at radius 3 is 2.48 bits per heavy atom. The van der Waals surface area contributed by atoms with Gasteiger partial charge in [0.15, 0.2) is 11.9 Å². The monoisotopic (exact) mass is 666 g/mol. The number of aromatic nitrogens is 3. The van der Waals surface area contributed by atoms with Crippen LogP contribution in [0, 0.1) is 11.6 Å². The van der Waals surface area contributed by atoms with Crippen LogP contribution in [0.2, 0.25) is 0 Å². The minimum Gasteiger partial charge on any atom is -0.481 e. The summed E-state index contributed by atoms with van der Waals surface area (Å²) in [7, 11) is 0. The number of benzene rings is 2. The number of carboxylic acid groups (broad SMARTS) is 2. The first-order chi connectivity index (χ1) is 22.8. The van der Waals surface area contributed by atoms with Crippen LogP contribution in [0.3, 0.4) is 0 Å². The summed E-state index contributed by atoms with van der Waals surface area (Å²) in [6.07, 6.45) is 2.60. The van der Waals surface area contributed by atoms with Crippen LogP contribution < -0.4 is 21.8 Å². The van der Waals surface area contributed by atoms with Crippen molar-refractivity contribution >= 4 is 46.3 Å². The van der Waals surface area contributed by atoms with E-state index in [1.54, 1.807) is 29.8 Å². The predicted molar refractivity (Wildman–Crippen MR) is 169 cm³/mol. The van der Waals surface area contributed by atoms with E-state index < -0.39 is 47.5 Å². The molecule has 1 atom stereocenters. The van der Waals surface area contributed by atoms with Gasteiger partial charge in [-0.1, -0.05) is 6.07 Å². The van der Waals surface area contributed by atoms with Crippen molar-refractivity contribution in [1.29, 1.82) is 0 Å². The average Bonchev–Trinajstić information content (AvgIpc) is 3.79. The van der Waals surface area contributed by atoms with Crippen LogP contribution >= 0.6 is 0 Å². The Bertz CT molecular complexity index is 2000. The van der Waals surface area contributed by atoms with E-state index in [1.807, 2.05) is 6.07 Å². The fraction of sp³-hybridized carbons (Fsp3) is 0.312. The van der Waals surface area contributed by atoms with Crippen molar-refractivity contribution in [2.75, 3.05) is 29.5 Å². The van der Waals surface area contributed by atoms with Crippen molar-refractivity contribution in [2.45, 2.75) is 51.3 Å². The van der Waals surface area contributed by atoms with Crippen LogP contribution in [0.1, 0.15) is 53.7 Å². The SMILES string of the molecule is CCOC(=O)c1cn(C2CC2)c2c(F)c(-c3ccc4c(c3)CCN4Cc3cnc(N)nc3N)c(F)cc2c1=O.O=C(O)CC(O)C(=O)O. The number of nitrogen functional groups attached to an aromatic ring is 2. The maximum atomic E-state index is 16.2. The molecule has 1 aliphatic carbocycles. The average molecular weight is 667 g/mol. The number of pyridine rings is 1. The first-order valence-corrected chi connectivity index (χ1v) is 14.9. The van der Waals surface area contributed by atoms with Gasteiger partial charge in [0.1, 0.15) is 17.2 Å². The number of halogens is 2. The van der Waals surface area contributed by atoms with E-state index in [-0.39, 0.29) is 40.6 Å². The van der Waals surface area contributed by atoms with Gasteiger partial charge in [-0.3, -0.25) is 9.59 Å². The van der Waals surface area contributed by atoms with Crippen molar-refractivity contribution < 1.29 is 43.2 Å². The first kappa shape index (κ1) is 33.7. The number of aliphatic carboxylic acids is 2. The summed E-state index contributed by atoms with van der Waals surface area (Å²) in [5.74, 6) is -4.94. The van der Waals surface area contributed by atoms with Crippen LogP contribution in [-0.4, -0.2) is 67.0 Å². The van der Waals surface area contributed by atoms with E-state index in [2.05, 4.69) is 14.9 Å². The van der Waals surface area contributed by atoms with Gasteiger partial charge in [0.2, 0.25) is 11.4 Å². The van der Waals surface area contributed by atoms with E-state index in [0.29, 0.717) is 30.9 Å². The van der Waals surface area contributed by atoms with E-state index in [9.17, 15) is 19.2 Å². The van der Waals surface area contributed by atoms with Crippen molar-refractivity contribution in [3.05, 3.63) is 75.2 Å². The van der Waals surface area contributed by atoms with Crippen molar-refractivity contribution in [3.63, 3.8) is 0 Å². The molecular weight excluding hydrogens is 634 g/mol. The number of esters is 1. The number of fused-ring (bicyclic) bond motifs is 2. The Labute approximate surface area is 271 Å². The number of anilines is 3. The molecule has 6 rings (SSSR count). The molecule has 16 heteroatoms. The third-order valence-corrected chi connectivity index (χ3v) is 7.93. The quantitative estimate of drug-likeness (QED) is 0.162. The summed E-state index contributed by atoms with van der Waals surface area (Å²) >= 11 is 0. The predicted octanol–water partition coefficient (Wildman–Crippen LogP) is 2.88. The van der Waals surface area contributed by atoms with E-state index >= 15 is 8.78 Å². The second-order valence-electron chi connectivity index (χ2n) is 11.3. The van der Waals surface area contributed by atoms with E-state index in [4.69, 9.17) is 31.5 Å². The lowest BCUT2D eigenvalue weighted by atomic mass is 9.98. The van der Waals surface area contributed by atoms with Gasteiger partial charge in [-0.2, -0.15) is 4.98 Å². The molecule has 4 aromatic rings. The highest BCUT2D eigenvalue weighted by Gasteiger charge is 2.31. The fourth-order valence-electron chi connectivity index (χ4n) is 5.51. The molecule has 2 aromatic heterocycles. The summed E-state index contributed by atoms with van der Waals surface area (Å²) in [6.45, 7) is 2.86. The third-order valence-electron chi connectivity index (χ3n) is 7.93. The van der Waals surface area contributed by atoms with Crippen LogP contribution in [0.15, 0.2) is 41.5 Å². The molecule has 1 unspecified atom stereocenters. The largest absolute Gasteiger partial charge is 0.481 e. The van der Waals surface area contributed by atoms with Gasteiger partial charge in [-0.15, -0.1) is 0 Å². The molecular formula is C32H32F2N6O8. The third kappa shape index (κ3) is 6.88. The Morgan fingerprint density at radius 2 is 1.88 bits per heavy atom. The molecule has 1 saturated carbocycles. The van der Waals surface area contributed by atoms with E-state index in [1.165, 1.54) is 6.20 Å². The number of carboxylic acids is 2. The molecule has 0 amide bonds. The second kappa shape index (κ2) is 13.6. The molecule has 0 saturated heterocycles. The molecule has 0 radical (unpaired) electrons. The summed E-state index contributed by atoms with van der Waals surface area (Å²) in [6, 6.07) is 6.22. The summed E-state index contributed by atoms with van der Waals surface area (Å²) < 4.78 is 38.3. The van der Waals surface area contributed by atoms with Gasteiger partial charge in [0.05, 0.1) is 29.5 Å². The molecule has 3 heterocycles. The minimum absolute atomic E-state index is 0.00657. The van der Waals surface area contributed by atoms with Gasteiger partial charge in [-0.05, 0) is 55.5 Å². The molecule has 252 valence electrons. The van der Waals surface area contributed by atoms with Gasteiger partial charge >= 0.3 is 17.9 Å². The molecule has 1 fully saturated rings. The zero-order chi connectivity index (χ0) is 34.9. The van der Waals surface area contributed by atoms with Gasteiger partial charge < -0.3 is 41.0 Å². The number of nitrogens with zero attached hydrogens (tertiary/aromatic N) is 4. The number of rotatable bonds is 9. The molecule has 48 heavy (non-hydrogen) atoms. The lowest BCUT2D eigenvalue weighted by molar-refractivity contribution is -0.152. The highest BCUT2D eigenvalue weighted by Crippen LogP contribution is 2.41. The maximum absolute atomic E-state index is 16.2. The number of hydrogen-bond acceptors (Lipinski definition) is 11. The van der Waals surface area contributed by atoms with Crippen LogP contribution in [0.5, 0.6) is 0 Å². The Kier molecular flexibility index (Phi) is 9.56. The smallest absolute Gasteiger partial charge is 0.343 e. The molecule has 0 spiro atoms. The number of aliphatic hydroxyl groups is 1. The summed E-state index contributed by atoms with van der Waals surface area (Å²) in [4.78, 5) is 55.0. The number of carbonyl (C=O) groups excluding carboxylic acids is 1. The zero-order valence-corrected chi connectivity index (χ0v) is 25.7. The molecule has 7 N–H and O–H groups in total. The Morgan fingerprint density at radius 1 is 1.15 bits per heavy atom. The number of carbonyl (C=O) groups is 3. The highest BCUT2D eigenvalue weighted by molar-refractivity contribution is 5.95. The molecule has 1 aliphatic heterocycles. The van der Waals surface area contributed by atoms with Gasteiger partial charge in [-0.25, -0.2) is 23.4 Å². The number of aliphatic hydroxyl groups excluding tert-OH is 1. The topological polar surface area (TPSA) is 224 Å². The van der Waals surface area contributed by atoms with Gasteiger partial charge in [0, 0.05) is 42.8 Å². The Hall–Kier alpha value is -5.64. The zero-order valence-electron chi connectivity index (χ0n) is 25.7. The molecule has 14 nitrogen and oxygen atoms in total. The summed E-state index contributed by atoms with van der Waals surface area (Å²) in [5, 5.41) is 24.0. The normalized spacial score (nSPS) is 14.2. The molecule has 2 aliphatic rings. The molecule has 0 bridgehead atoms. The van der Waals surface area contributed by atoms with Gasteiger partial charge in [0.25, 0.3) is 0 Å². The Balaban J connectivity index is 0.000000441. The highest BCUT2D eigenvalue weighted by atomic mass is 19.1. The van der Waals surface area contributed by atoms with Crippen molar-refractivity contribution in [2.24, 2.45) is 0 Å². The van der Waals surface area contributed by atoms with Crippen LogP contribution in [0.4, 0.5) is 26.2 Å². The van der Waals surface area contributed by atoms with Crippen molar-refractivity contribution in [1.82, 2.24) is 14.5 Å². The lowest BCUT2D eigenvalue weighted by Crippen LogP contribution is -2.22. The molecule has 2 aromatic carbocycles. The summed E-state index contributed by atoms with van der Waals surface area (Å²) in [5.41, 5.74) is 13.3. The maximum Gasteiger partial charge on any atom is 0.343 e. The lowest BCUT2D eigenvalue weighted by Gasteiger charge is -2.20. The second-order valence-corrected chi connectivity index (χ2v) is 11.3. The number of hydrogen-bond donors (Lipinski definition) is 5. The first-order valence-electron chi connectivity index (χ1n) is 14.9. The number of ether oxygens (including phenoxy) is 1. The fourth-order valence-corrected chi connectivity index (χ4v) is 5.51. The van der Waals surface area contributed by atoms with Crippen molar-refractivity contribution in [3.8, 4) is 11.1 Å². The van der Waals surface area contributed by atoms with E-state index in [0.717, 1.165) is 35.7 Å².